The zero-order valence-electron chi connectivity index (χ0n) is 11.7. The van der Waals surface area contributed by atoms with Gasteiger partial charge in [-0.1, -0.05) is 0 Å². The normalized spacial score (nSPS) is 12.5. The molecule has 0 aliphatic carbocycles. The average Bonchev–Trinajstić information content (AvgIpc) is 3.17. The van der Waals surface area contributed by atoms with E-state index in [4.69, 9.17) is 8.83 Å². The first-order valence-corrected chi connectivity index (χ1v) is 6.84. The molecular weight excluding hydrogens is 269 g/mol. The van der Waals surface area contributed by atoms with E-state index < -0.39 is 0 Å². The van der Waals surface area contributed by atoms with E-state index in [0.29, 0.717) is 6.54 Å². The third kappa shape index (κ3) is 3.23. The lowest BCUT2D eigenvalue weighted by atomic mass is 10.2. The summed E-state index contributed by atoms with van der Waals surface area (Å²) < 4.78 is 24.0. The van der Waals surface area contributed by atoms with Crippen molar-refractivity contribution in [1.82, 2.24) is 5.32 Å². The van der Waals surface area contributed by atoms with Crippen molar-refractivity contribution in [1.29, 1.82) is 0 Å². The summed E-state index contributed by atoms with van der Waals surface area (Å²) in [5.41, 5.74) is 0.863. The zero-order valence-corrected chi connectivity index (χ0v) is 11.7. The summed E-state index contributed by atoms with van der Waals surface area (Å²) in [4.78, 5) is 0. The summed E-state index contributed by atoms with van der Waals surface area (Å²) in [5, 5.41) is 3.33. The molecule has 0 saturated carbocycles. The molecule has 0 radical (unpaired) electrons. The molecule has 3 rings (SSSR count). The molecule has 108 valence electrons. The zero-order chi connectivity index (χ0) is 14.7. The molecule has 2 aromatic heterocycles. The fourth-order valence-electron chi connectivity index (χ4n) is 2.13. The Morgan fingerprint density at radius 2 is 1.90 bits per heavy atom. The van der Waals surface area contributed by atoms with Gasteiger partial charge in [-0.3, -0.25) is 0 Å². The summed E-state index contributed by atoms with van der Waals surface area (Å²) in [5.74, 6) is 2.20. The molecule has 0 fully saturated rings. The molecule has 1 N–H and O–H groups in total. The minimum Gasteiger partial charge on any atom is -0.468 e. The molecule has 4 heteroatoms. The van der Waals surface area contributed by atoms with Crippen LogP contribution >= 0.6 is 0 Å². The van der Waals surface area contributed by atoms with Crippen LogP contribution in [0.4, 0.5) is 4.39 Å². The predicted molar refractivity (Wildman–Crippen MR) is 78.1 cm³/mol. The van der Waals surface area contributed by atoms with Crippen molar-refractivity contribution < 1.29 is 13.2 Å². The summed E-state index contributed by atoms with van der Waals surface area (Å²) in [6.45, 7) is 2.63. The van der Waals surface area contributed by atoms with E-state index in [2.05, 4.69) is 5.32 Å². The minimum absolute atomic E-state index is 0.111. The van der Waals surface area contributed by atoms with Crippen molar-refractivity contribution in [2.75, 3.05) is 0 Å². The Bertz CT molecular complexity index is 686. The lowest BCUT2D eigenvalue weighted by molar-refractivity contribution is 0.409. The number of benzene rings is 1. The van der Waals surface area contributed by atoms with Crippen LogP contribution in [0.1, 0.15) is 24.5 Å². The fourth-order valence-corrected chi connectivity index (χ4v) is 2.13. The van der Waals surface area contributed by atoms with Crippen LogP contribution in [0.25, 0.3) is 11.3 Å². The Balaban J connectivity index is 1.64. The highest BCUT2D eigenvalue weighted by Gasteiger charge is 2.09. The second kappa shape index (κ2) is 5.97. The number of furan rings is 2. The molecule has 1 atom stereocenters. The topological polar surface area (TPSA) is 38.3 Å². The first kappa shape index (κ1) is 13.6. The van der Waals surface area contributed by atoms with Gasteiger partial charge >= 0.3 is 0 Å². The van der Waals surface area contributed by atoms with Crippen LogP contribution in [-0.4, -0.2) is 0 Å². The van der Waals surface area contributed by atoms with Gasteiger partial charge in [-0.2, -0.15) is 0 Å². The predicted octanol–water partition coefficient (Wildman–Crippen LogP) is 4.53. The molecule has 0 unspecified atom stereocenters. The van der Waals surface area contributed by atoms with Crippen LogP contribution < -0.4 is 5.32 Å². The Kier molecular flexibility index (Phi) is 3.88. The van der Waals surface area contributed by atoms with Gasteiger partial charge in [-0.15, -0.1) is 0 Å². The second-order valence-electron chi connectivity index (χ2n) is 4.89. The van der Waals surface area contributed by atoms with Crippen molar-refractivity contribution in [2.24, 2.45) is 0 Å². The Morgan fingerprint density at radius 3 is 2.62 bits per heavy atom. The molecule has 0 saturated heterocycles. The third-order valence-corrected chi connectivity index (χ3v) is 3.34. The second-order valence-corrected chi connectivity index (χ2v) is 4.89. The molecule has 0 bridgehead atoms. The van der Waals surface area contributed by atoms with Crippen molar-refractivity contribution in [3.63, 3.8) is 0 Å². The maximum absolute atomic E-state index is 12.9. The van der Waals surface area contributed by atoms with Crippen LogP contribution in [0.3, 0.4) is 0 Å². The summed E-state index contributed by atoms with van der Waals surface area (Å²) in [6.07, 6.45) is 1.66. The van der Waals surface area contributed by atoms with Crippen molar-refractivity contribution >= 4 is 0 Å². The van der Waals surface area contributed by atoms with E-state index in [0.717, 1.165) is 22.8 Å². The average molecular weight is 285 g/mol. The number of hydrogen-bond acceptors (Lipinski definition) is 3. The highest BCUT2D eigenvalue weighted by molar-refractivity contribution is 5.57. The number of nitrogens with one attached hydrogen (secondary N) is 1. The first-order valence-electron chi connectivity index (χ1n) is 6.84. The number of rotatable bonds is 5. The monoisotopic (exact) mass is 285 g/mol. The molecular formula is C17H16FNO2. The van der Waals surface area contributed by atoms with Crippen molar-refractivity contribution in [3.8, 4) is 11.3 Å². The van der Waals surface area contributed by atoms with Gasteiger partial charge < -0.3 is 14.2 Å². The maximum Gasteiger partial charge on any atom is 0.134 e. The largest absolute Gasteiger partial charge is 0.468 e. The Hall–Kier alpha value is -2.33. The highest BCUT2D eigenvalue weighted by Crippen LogP contribution is 2.23. The van der Waals surface area contributed by atoms with Crippen LogP contribution in [0.15, 0.2) is 63.6 Å². The van der Waals surface area contributed by atoms with Gasteiger partial charge in [0, 0.05) is 5.56 Å². The minimum atomic E-state index is -0.250. The van der Waals surface area contributed by atoms with Gasteiger partial charge in [0.2, 0.25) is 0 Å². The molecule has 3 nitrogen and oxygen atoms in total. The van der Waals surface area contributed by atoms with E-state index in [1.165, 1.54) is 12.1 Å². The summed E-state index contributed by atoms with van der Waals surface area (Å²) in [7, 11) is 0. The lowest BCUT2D eigenvalue weighted by Crippen LogP contribution is -2.17. The SMILES string of the molecule is C[C@H](NCc1ccc(-c2ccc(F)cc2)o1)c1ccco1. The van der Waals surface area contributed by atoms with E-state index >= 15 is 0 Å². The smallest absolute Gasteiger partial charge is 0.134 e. The first-order chi connectivity index (χ1) is 10.2. The van der Waals surface area contributed by atoms with Gasteiger partial charge in [0.25, 0.3) is 0 Å². The molecule has 0 spiro atoms. The lowest BCUT2D eigenvalue weighted by Gasteiger charge is -2.09. The Morgan fingerprint density at radius 1 is 1.10 bits per heavy atom. The maximum atomic E-state index is 12.9. The molecule has 2 heterocycles. The molecule has 0 aliphatic rings. The van der Waals surface area contributed by atoms with Crippen LogP contribution in [0.5, 0.6) is 0 Å². The van der Waals surface area contributed by atoms with Crippen LogP contribution in [0, 0.1) is 5.82 Å². The fraction of sp³-hybridized carbons (Fsp3) is 0.176. The van der Waals surface area contributed by atoms with Gasteiger partial charge in [-0.05, 0) is 55.5 Å². The molecule has 0 amide bonds. The standard InChI is InChI=1S/C17H16FNO2/c1-12(16-3-2-10-20-16)19-11-15-8-9-17(21-15)13-4-6-14(18)7-5-13/h2-10,12,19H,11H2,1H3/t12-/m0/s1. The van der Waals surface area contributed by atoms with Gasteiger partial charge in [0.05, 0.1) is 18.8 Å². The van der Waals surface area contributed by atoms with Gasteiger partial charge in [0.15, 0.2) is 0 Å². The van der Waals surface area contributed by atoms with E-state index in [-0.39, 0.29) is 11.9 Å². The summed E-state index contributed by atoms with van der Waals surface area (Å²) >= 11 is 0. The van der Waals surface area contributed by atoms with Crippen molar-refractivity contribution in [3.05, 3.63) is 72.1 Å². The third-order valence-electron chi connectivity index (χ3n) is 3.34. The van der Waals surface area contributed by atoms with E-state index in [1.807, 2.05) is 31.2 Å². The number of halogens is 1. The molecule has 1 aromatic carbocycles. The van der Waals surface area contributed by atoms with Crippen LogP contribution in [-0.2, 0) is 6.54 Å². The molecule has 21 heavy (non-hydrogen) atoms. The van der Waals surface area contributed by atoms with E-state index in [1.54, 1.807) is 18.4 Å². The van der Waals surface area contributed by atoms with Gasteiger partial charge in [0.1, 0.15) is 23.1 Å². The van der Waals surface area contributed by atoms with Gasteiger partial charge in [-0.25, -0.2) is 4.39 Å². The quantitative estimate of drug-likeness (QED) is 0.748. The highest BCUT2D eigenvalue weighted by atomic mass is 19.1. The Labute approximate surface area is 122 Å². The van der Waals surface area contributed by atoms with Crippen LogP contribution in [0.2, 0.25) is 0 Å². The van der Waals surface area contributed by atoms with E-state index in [9.17, 15) is 4.39 Å². The molecule has 3 aromatic rings. The summed E-state index contributed by atoms with van der Waals surface area (Å²) in [6, 6.07) is 14.0. The molecule has 0 aliphatic heterocycles. The number of hydrogen-bond donors (Lipinski definition) is 1. The van der Waals surface area contributed by atoms with Crippen molar-refractivity contribution in [2.45, 2.75) is 19.5 Å².